The number of nitrogens with one attached hydrogen (secondary N) is 1. The average molecular weight is 404 g/mol. The molecule has 2 unspecified atom stereocenters. The van der Waals surface area contributed by atoms with Crippen LogP contribution in [0.5, 0.6) is 0 Å². The van der Waals surface area contributed by atoms with Crippen LogP contribution in [0, 0.1) is 0 Å². The lowest BCUT2D eigenvalue weighted by Crippen LogP contribution is -2.52. The van der Waals surface area contributed by atoms with Crippen molar-refractivity contribution in [3.05, 3.63) is 64.7 Å². The Kier molecular flexibility index (Phi) is 4.55. The van der Waals surface area contributed by atoms with Crippen molar-refractivity contribution in [3.63, 3.8) is 0 Å². The van der Waals surface area contributed by atoms with Gasteiger partial charge in [0, 0.05) is 43.3 Å². The fourth-order valence-electron chi connectivity index (χ4n) is 4.85. The summed E-state index contributed by atoms with van der Waals surface area (Å²) in [5, 5.41) is 2.36. The van der Waals surface area contributed by atoms with Crippen LogP contribution < -0.4 is 16.0 Å². The van der Waals surface area contributed by atoms with E-state index in [1.807, 2.05) is 30.3 Å². The highest BCUT2D eigenvalue weighted by Gasteiger charge is 2.40. The van der Waals surface area contributed by atoms with Crippen LogP contribution in [0.15, 0.2) is 42.5 Å². The molecular formula is C23H24N4O3. The molecule has 3 aliphatic heterocycles. The number of anilines is 1. The zero-order valence-electron chi connectivity index (χ0n) is 16.6. The molecule has 7 nitrogen and oxygen atoms in total. The first-order chi connectivity index (χ1) is 14.5. The van der Waals surface area contributed by atoms with Gasteiger partial charge in [0.1, 0.15) is 6.04 Å². The van der Waals surface area contributed by atoms with Gasteiger partial charge in [-0.3, -0.25) is 19.7 Å². The molecule has 3 heterocycles. The first-order valence-corrected chi connectivity index (χ1v) is 10.4. The van der Waals surface area contributed by atoms with E-state index in [1.165, 1.54) is 0 Å². The number of carbonyl (C=O) groups is 3. The Labute approximate surface area is 174 Å². The highest BCUT2D eigenvalue weighted by Crippen LogP contribution is 2.35. The van der Waals surface area contributed by atoms with E-state index < -0.39 is 6.04 Å². The van der Waals surface area contributed by atoms with E-state index in [1.54, 1.807) is 4.90 Å². The molecule has 0 aliphatic carbocycles. The quantitative estimate of drug-likeness (QED) is 0.762. The van der Waals surface area contributed by atoms with Gasteiger partial charge in [-0.25, -0.2) is 0 Å². The molecule has 0 bridgehead atoms. The van der Waals surface area contributed by atoms with Gasteiger partial charge < -0.3 is 15.5 Å². The summed E-state index contributed by atoms with van der Waals surface area (Å²) in [5.74, 6) is -0.784. The van der Waals surface area contributed by atoms with Crippen molar-refractivity contribution in [1.82, 2.24) is 10.2 Å². The van der Waals surface area contributed by atoms with Crippen molar-refractivity contribution in [1.29, 1.82) is 0 Å². The normalized spacial score (nSPS) is 23.3. The van der Waals surface area contributed by atoms with Gasteiger partial charge in [0.25, 0.3) is 5.91 Å². The Morgan fingerprint density at radius 3 is 2.70 bits per heavy atom. The molecule has 3 amide bonds. The van der Waals surface area contributed by atoms with Gasteiger partial charge in [-0.1, -0.05) is 36.4 Å². The average Bonchev–Trinajstić information content (AvgIpc) is 3.07. The number of fused-ring (bicyclic) bond motifs is 2. The van der Waals surface area contributed by atoms with Gasteiger partial charge in [-0.05, 0) is 35.6 Å². The molecule has 7 heteroatoms. The molecule has 2 aromatic carbocycles. The molecule has 3 aliphatic rings. The number of rotatable bonds is 3. The molecule has 1 saturated heterocycles. The Morgan fingerprint density at radius 2 is 1.87 bits per heavy atom. The SMILES string of the molecule is NC1CCN(Cc2cccc3c2C(=O)N(C2CCC(=O)NC2=O)C3)c2ccccc21. The number of piperidine rings is 1. The summed E-state index contributed by atoms with van der Waals surface area (Å²) < 4.78 is 0. The predicted octanol–water partition coefficient (Wildman–Crippen LogP) is 1.86. The summed E-state index contributed by atoms with van der Waals surface area (Å²) in [6.07, 6.45) is 1.49. The number of amides is 3. The van der Waals surface area contributed by atoms with Gasteiger partial charge in [-0.15, -0.1) is 0 Å². The lowest BCUT2D eigenvalue weighted by atomic mass is 9.95. The lowest BCUT2D eigenvalue weighted by molar-refractivity contribution is -0.136. The number of carbonyl (C=O) groups excluding carboxylic acids is 3. The number of benzene rings is 2. The summed E-state index contributed by atoms with van der Waals surface area (Å²) in [6.45, 7) is 1.84. The maximum atomic E-state index is 13.3. The molecule has 2 atom stereocenters. The van der Waals surface area contributed by atoms with E-state index in [4.69, 9.17) is 5.73 Å². The standard InChI is InChI=1S/C23H24N4O3/c24-17-10-11-26(18-7-2-1-6-16(17)18)12-14-4-3-5-15-13-27(23(30)21(14)15)19-8-9-20(28)25-22(19)29/h1-7,17,19H,8-13,24H2,(H,25,28,29). The molecule has 0 saturated carbocycles. The molecule has 3 N–H and O–H groups in total. The smallest absolute Gasteiger partial charge is 0.255 e. The largest absolute Gasteiger partial charge is 0.367 e. The van der Waals surface area contributed by atoms with Crippen molar-refractivity contribution in [2.75, 3.05) is 11.4 Å². The van der Waals surface area contributed by atoms with E-state index in [2.05, 4.69) is 22.3 Å². The third kappa shape index (κ3) is 3.06. The number of nitrogens with two attached hydrogens (primary N) is 1. The van der Waals surface area contributed by atoms with Crippen LogP contribution in [0.2, 0.25) is 0 Å². The van der Waals surface area contributed by atoms with Crippen LogP contribution in [0.3, 0.4) is 0 Å². The van der Waals surface area contributed by atoms with Gasteiger partial charge in [0.2, 0.25) is 11.8 Å². The molecule has 0 aromatic heterocycles. The van der Waals surface area contributed by atoms with E-state index in [0.717, 1.165) is 35.3 Å². The minimum absolute atomic E-state index is 0.0311. The minimum Gasteiger partial charge on any atom is -0.367 e. The fourth-order valence-corrected chi connectivity index (χ4v) is 4.85. The lowest BCUT2D eigenvalue weighted by Gasteiger charge is -2.34. The van der Waals surface area contributed by atoms with Crippen LogP contribution >= 0.6 is 0 Å². The second-order valence-electron chi connectivity index (χ2n) is 8.23. The molecule has 154 valence electrons. The third-order valence-corrected chi connectivity index (χ3v) is 6.39. The molecule has 2 aromatic rings. The Balaban J connectivity index is 1.43. The summed E-state index contributed by atoms with van der Waals surface area (Å²) >= 11 is 0. The van der Waals surface area contributed by atoms with Crippen molar-refractivity contribution >= 4 is 23.4 Å². The van der Waals surface area contributed by atoms with E-state index in [9.17, 15) is 14.4 Å². The zero-order chi connectivity index (χ0) is 20.8. The van der Waals surface area contributed by atoms with Crippen molar-refractivity contribution in [2.45, 2.75) is 44.4 Å². The van der Waals surface area contributed by atoms with Gasteiger partial charge in [0.15, 0.2) is 0 Å². The van der Waals surface area contributed by atoms with E-state index in [0.29, 0.717) is 25.1 Å². The Bertz CT molecular complexity index is 1050. The van der Waals surface area contributed by atoms with E-state index in [-0.39, 0.29) is 30.2 Å². The third-order valence-electron chi connectivity index (χ3n) is 6.39. The monoisotopic (exact) mass is 404 g/mol. The number of nitrogens with zero attached hydrogens (tertiary/aromatic N) is 2. The zero-order valence-corrected chi connectivity index (χ0v) is 16.6. The summed E-state index contributed by atoms with van der Waals surface area (Å²) in [5.41, 5.74) is 11.1. The molecule has 5 rings (SSSR count). The molecule has 1 fully saturated rings. The summed E-state index contributed by atoms with van der Waals surface area (Å²) in [4.78, 5) is 41.0. The fraction of sp³-hybridized carbons (Fsp3) is 0.348. The van der Waals surface area contributed by atoms with Gasteiger partial charge in [0.05, 0.1) is 0 Å². The van der Waals surface area contributed by atoms with Crippen LogP contribution in [0.1, 0.15) is 52.4 Å². The first-order valence-electron chi connectivity index (χ1n) is 10.4. The van der Waals surface area contributed by atoms with Crippen LogP contribution in [-0.2, 0) is 22.7 Å². The Morgan fingerprint density at radius 1 is 1.03 bits per heavy atom. The van der Waals surface area contributed by atoms with Crippen LogP contribution in [0.25, 0.3) is 0 Å². The number of hydrogen-bond acceptors (Lipinski definition) is 5. The van der Waals surface area contributed by atoms with Crippen LogP contribution in [-0.4, -0.2) is 35.2 Å². The van der Waals surface area contributed by atoms with Gasteiger partial charge in [-0.2, -0.15) is 0 Å². The van der Waals surface area contributed by atoms with Crippen molar-refractivity contribution in [2.24, 2.45) is 5.73 Å². The van der Waals surface area contributed by atoms with Crippen LogP contribution in [0.4, 0.5) is 5.69 Å². The highest BCUT2D eigenvalue weighted by atomic mass is 16.2. The summed E-state index contributed by atoms with van der Waals surface area (Å²) in [7, 11) is 0. The van der Waals surface area contributed by atoms with Crippen molar-refractivity contribution < 1.29 is 14.4 Å². The summed E-state index contributed by atoms with van der Waals surface area (Å²) in [6, 6.07) is 13.5. The number of hydrogen-bond donors (Lipinski definition) is 2. The van der Waals surface area contributed by atoms with Gasteiger partial charge >= 0.3 is 0 Å². The molecule has 0 spiro atoms. The van der Waals surface area contributed by atoms with Crippen molar-refractivity contribution in [3.8, 4) is 0 Å². The molecular weight excluding hydrogens is 380 g/mol. The number of imide groups is 1. The van der Waals surface area contributed by atoms with E-state index >= 15 is 0 Å². The number of para-hydroxylation sites is 1. The molecule has 0 radical (unpaired) electrons. The maximum absolute atomic E-state index is 13.3. The predicted molar refractivity (Wildman–Crippen MR) is 112 cm³/mol. The maximum Gasteiger partial charge on any atom is 0.255 e. The topological polar surface area (TPSA) is 95.7 Å². The Hall–Kier alpha value is -3.19. The first kappa shape index (κ1) is 18.8. The molecule has 30 heavy (non-hydrogen) atoms. The minimum atomic E-state index is -0.593. The second kappa shape index (κ2) is 7.25. The second-order valence-corrected chi connectivity index (χ2v) is 8.23. The highest BCUT2D eigenvalue weighted by molar-refractivity contribution is 6.06.